The molecule has 0 unspecified atom stereocenters. The molecular weight excluding hydrogens is 246 g/mol. The minimum Gasteiger partial charge on any atom is -0.478 e. The summed E-state index contributed by atoms with van der Waals surface area (Å²) in [5, 5.41) is 12.5. The van der Waals surface area contributed by atoms with E-state index < -0.39 is 5.97 Å². The third-order valence-electron chi connectivity index (χ3n) is 3.65. The molecule has 0 bridgehead atoms. The van der Waals surface area contributed by atoms with Crippen molar-refractivity contribution in [1.82, 2.24) is 10.2 Å². The third-order valence-corrected chi connectivity index (χ3v) is 3.65. The van der Waals surface area contributed by atoms with E-state index in [-0.39, 0.29) is 17.6 Å². The molecule has 100 valence electrons. The molecule has 2 heterocycles. The molecule has 3 rings (SSSR count). The Labute approximate surface area is 110 Å². The number of aromatic carboxylic acids is 1. The lowest BCUT2D eigenvalue weighted by Gasteiger charge is -2.28. The lowest BCUT2D eigenvalue weighted by Crippen LogP contribution is -2.49. The fourth-order valence-corrected chi connectivity index (χ4v) is 2.71. The Morgan fingerprint density at radius 1 is 1.37 bits per heavy atom. The van der Waals surface area contributed by atoms with Crippen LogP contribution >= 0.6 is 0 Å². The molecule has 0 radical (unpaired) electrons. The van der Waals surface area contributed by atoms with Crippen molar-refractivity contribution in [1.29, 1.82) is 0 Å². The van der Waals surface area contributed by atoms with Gasteiger partial charge >= 0.3 is 12.0 Å². The minimum atomic E-state index is -1.01. The molecule has 2 fully saturated rings. The smallest absolute Gasteiger partial charge is 0.337 e. The van der Waals surface area contributed by atoms with Crippen LogP contribution in [0.4, 0.5) is 10.5 Å². The quantitative estimate of drug-likeness (QED) is 0.817. The molecule has 2 saturated heterocycles. The number of nitrogens with zero attached hydrogens (tertiary/aromatic N) is 2. The molecule has 0 aromatic heterocycles. The van der Waals surface area contributed by atoms with Crippen molar-refractivity contribution < 1.29 is 14.7 Å². The lowest BCUT2D eigenvalue weighted by molar-refractivity contribution is 0.0697. The number of anilines is 1. The summed E-state index contributed by atoms with van der Waals surface area (Å²) in [4.78, 5) is 27.0. The Morgan fingerprint density at radius 2 is 2.16 bits per heavy atom. The maximum Gasteiger partial charge on any atom is 0.337 e. The number of piperazine rings is 1. The van der Waals surface area contributed by atoms with Gasteiger partial charge in [-0.25, -0.2) is 9.59 Å². The van der Waals surface area contributed by atoms with E-state index in [1.54, 1.807) is 23.1 Å². The number of carboxylic acid groups (broad SMARTS) is 1. The van der Waals surface area contributed by atoms with Gasteiger partial charge in [-0.05, 0) is 12.1 Å². The fraction of sp³-hybridized carbons (Fsp3) is 0.385. The number of hydrogen-bond acceptors (Lipinski definition) is 3. The number of hydrogen-bond donors (Lipinski definition) is 2. The van der Waals surface area contributed by atoms with Gasteiger partial charge in [0.2, 0.25) is 0 Å². The van der Waals surface area contributed by atoms with Crippen LogP contribution in [0.2, 0.25) is 0 Å². The van der Waals surface area contributed by atoms with Crippen molar-refractivity contribution in [2.45, 2.75) is 6.04 Å². The Balaban J connectivity index is 1.95. The standard InChI is InChI=1S/C13H15N3O3/c17-12(18)10-3-1-2-4-11(10)16-8-9-7-14-5-6-15(9)13(16)19/h1-4,9,14H,5-8H2,(H,17,18)/t9-/m0/s1. The zero-order valence-electron chi connectivity index (χ0n) is 10.4. The van der Waals surface area contributed by atoms with Crippen molar-refractivity contribution >= 4 is 17.7 Å². The topological polar surface area (TPSA) is 72.9 Å². The zero-order valence-corrected chi connectivity index (χ0v) is 10.4. The second kappa shape index (κ2) is 4.55. The number of carboxylic acids is 1. The maximum absolute atomic E-state index is 12.3. The van der Waals surface area contributed by atoms with Crippen LogP contribution in [0.1, 0.15) is 10.4 Å². The predicted molar refractivity (Wildman–Crippen MR) is 69.5 cm³/mol. The number of para-hydroxylation sites is 1. The van der Waals surface area contributed by atoms with Crippen LogP contribution in [-0.2, 0) is 0 Å². The molecule has 6 nitrogen and oxygen atoms in total. The van der Waals surface area contributed by atoms with E-state index >= 15 is 0 Å². The largest absolute Gasteiger partial charge is 0.478 e. The highest BCUT2D eigenvalue weighted by molar-refractivity contribution is 6.02. The molecular formula is C13H15N3O3. The van der Waals surface area contributed by atoms with Gasteiger partial charge in [-0.15, -0.1) is 0 Å². The highest BCUT2D eigenvalue weighted by Crippen LogP contribution is 2.27. The van der Waals surface area contributed by atoms with E-state index in [4.69, 9.17) is 0 Å². The molecule has 2 amide bonds. The number of urea groups is 1. The van der Waals surface area contributed by atoms with Crippen molar-refractivity contribution in [3.63, 3.8) is 0 Å². The first-order valence-corrected chi connectivity index (χ1v) is 6.29. The second-order valence-electron chi connectivity index (χ2n) is 4.77. The van der Waals surface area contributed by atoms with Gasteiger partial charge in [-0.3, -0.25) is 4.90 Å². The number of fused-ring (bicyclic) bond motifs is 1. The Hall–Kier alpha value is -2.08. The Kier molecular flexibility index (Phi) is 2.87. The highest BCUT2D eigenvalue weighted by Gasteiger charge is 2.40. The van der Waals surface area contributed by atoms with Crippen LogP contribution < -0.4 is 10.2 Å². The van der Waals surface area contributed by atoms with E-state index in [0.29, 0.717) is 18.8 Å². The van der Waals surface area contributed by atoms with Crippen LogP contribution in [-0.4, -0.2) is 54.2 Å². The molecule has 2 N–H and O–H groups in total. The first-order chi connectivity index (χ1) is 9.18. The summed E-state index contributed by atoms with van der Waals surface area (Å²) in [5.74, 6) is -1.01. The van der Waals surface area contributed by atoms with Gasteiger partial charge in [0.05, 0.1) is 17.3 Å². The number of carbonyl (C=O) groups excluding carboxylic acids is 1. The van der Waals surface area contributed by atoms with Crippen molar-refractivity contribution in [2.24, 2.45) is 0 Å². The lowest BCUT2D eigenvalue weighted by atomic mass is 10.1. The van der Waals surface area contributed by atoms with Crippen LogP contribution in [0.25, 0.3) is 0 Å². The van der Waals surface area contributed by atoms with Gasteiger partial charge in [0.15, 0.2) is 0 Å². The number of benzene rings is 1. The summed E-state index contributed by atoms with van der Waals surface area (Å²) in [7, 11) is 0. The average Bonchev–Trinajstić information content (AvgIpc) is 2.76. The van der Waals surface area contributed by atoms with E-state index in [9.17, 15) is 14.7 Å². The average molecular weight is 261 g/mol. The maximum atomic E-state index is 12.3. The predicted octanol–water partition coefficient (Wildman–Crippen LogP) is 0.599. The number of carbonyl (C=O) groups is 2. The van der Waals surface area contributed by atoms with E-state index in [2.05, 4.69) is 5.32 Å². The van der Waals surface area contributed by atoms with E-state index in [0.717, 1.165) is 13.1 Å². The van der Waals surface area contributed by atoms with Gasteiger partial charge in [0, 0.05) is 26.2 Å². The molecule has 0 aliphatic carbocycles. The first kappa shape index (κ1) is 12.0. The van der Waals surface area contributed by atoms with Gasteiger partial charge in [-0.1, -0.05) is 12.1 Å². The molecule has 2 aliphatic heterocycles. The molecule has 0 saturated carbocycles. The van der Waals surface area contributed by atoms with Gasteiger partial charge < -0.3 is 15.3 Å². The molecule has 6 heteroatoms. The molecule has 1 aromatic carbocycles. The normalized spacial score (nSPS) is 22.5. The summed E-state index contributed by atoms with van der Waals surface area (Å²) in [6, 6.07) is 6.67. The monoisotopic (exact) mass is 261 g/mol. The Bertz CT molecular complexity index is 532. The molecule has 19 heavy (non-hydrogen) atoms. The van der Waals surface area contributed by atoms with Crippen LogP contribution in [0, 0.1) is 0 Å². The van der Waals surface area contributed by atoms with Gasteiger partial charge in [0.25, 0.3) is 0 Å². The van der Waals surface area contributed by atoms with Gasteiger partial charge in [-0.2, -0.15) is 0 Å². The summed E-state index contributed by atoms with van der Waals surface area (Å²) in [6.07, 6.45) is 0. The van der Waals surface area contributed by atoms with Gasteiger partial charge in [0.1, 0.15) is 0 Å². The minimum absolute atomic E-state index is 0.0970. The SMILES string of the molecule is O=C(O)c1ccccc1N1C[C@@H]2CNCCN2C1=O. The van der Waals surface area contributed by atoms with Crippen LogP contribution in [0.5, 0.6) is 0 Å². The first-order valence-electron chi connectivity index (χ1n) is 6.29. The zero-order chi connectivity index (χ0) is 13.4. The summed E-state index contributed by atoms with van der Waals surface area (Å²) in [6.45, 7) is 2.76. The number of nitrogens with one attached hydrogen (secondary N) is 1. The van der Waals surface area contributed by atoms with Crippen LogP contribution in [0.3, 0.4) is 0 Å². The second-order valence-corrected chi connectivity index (χ2v) is 4.77. The van der Waals surface area contributed by atoms with E-state index in [1.807, 2.05) is 4.90 Å². The molecule has 0 spiro atoms. The van der Waals surface area contributed by atoms with Crippen molar-refractivity contribution in [3.8, 4) is 0 Å². The summed E-state index contributed by atoms with van der Waals surface area (Å²) < 4.78 is 0. The number of rotatable bonds is 2. The summed E-state index contributed by atoms with van der Waals surface area (Å²) >= 11 is 0. The third kappa shape index (κ3) is 1.94. The highest BCUT2D eigenvalue weighted by atomic mass is 16.4. The molecule has 1 atom stereocenters. The summed E-state index contributed by atoms with van der Waals surface area (Å²) in [5.41, 5.74) is 0.651. The fourth-order valence-electron chi connectivity index (χ4n) is 2.71. The van der Waals surface area contributed by atoms with E-state index in [1.165, 1.54) is 6.07 Å². The molecule has 1 aromatic rings. The Morgan fingerprint density at radius 3 is 2.89 bits per heavy atom. The number of amides is 2. The molecule has 2 aliphatic rings. The van der Waals surface area contributed by atoms with Crippen molar-refractivity contribution in [2.75, 3.05) is 31.1 Å². The van der Waals surface area contributed by atoms with Crippen molar-refractivity contribution in [3.05, 3.63) is 29.8 Å². The van der Waals surface area contributed by atoms with Crippen LogP contribution in [0.15, 0.2) is 24.3 Å².